The molecule has 0 saturated heterocycles. The van der Waals surface area contributed by atoms with Gasteiger partial charge >= 0.3 is 6.09 Å². The van der Waals surface area contributed by atoms with Crippen molar-refractivity contribution >= 4 is 29.4 Å². The minimum absolute atomic E-state index is 0.0344. The number of benzene rings is 2. The fourth-order valence-electron chi connectivity index (χ4n) is 7.35. The zero-order valence-electron chi connectivity index (χ0n) is 39.5. The van der Waals surface area contributed by atoms with Crippen molar-refractivity contribution in [1.82, 2.24) is 30.9 Å². The number of amides is 3. The molecule has 3 amide bonds. The van der Waals surface area contributed by atoms with Crippen LogP contribution in [0.1, 0.15) is 86.1 Å². The molecule has 4 rings (SSSR count). The molecule has 354 valence electrons. The summed E-state index contributed by atoms with van der Waals surface area (Å²) in [6.07, 6.45) is 1.93. The summed E-state index contributed by atoms with van der Waals surface area (Å²) < 4.78 is 29.9. The summed E-state index contributed by atoms with van der Waals surface area (Å²) in [6, 6.07) is 15.2. The van der Waals surface area contributed by atoms with E-state index in [2.05, 4.69) is 54.0 Å². The number of Topliss-reactive ketones (excluding diaryl/α,β-unsaturated/α-hetero) is 1. The van der Waals surface area contributed by atoms with Gasteiger partial charge in [0.15, 0.2) is 5.78 Å². The van der Waals surface area contributed by atoms with Gasteiger partial charge in [-0.3, -0.25) is 14.4 Å². The summed E-state index contributed by atoms with van der Waals surface area (Å²) >= 11 is 0. The molecule has 64 heavy (non-hydrogen) atoms. The number of para-hydroxylation sites is 1. The van der Waals surface area contributed by atoms with Gasteiger partial charge in [-0.1, -0.05) is 96.1 Å². The molecule has 16 heteroatoms. The molecule has 1 atom stereocenters. The van der Waals surface area contributed by atoms with Crippen molar-refractivity contribution in [2.45, 2.75) is 99.7 Å². The largest absolute Gasteiger partial charge is 0.448 e. The average Bonchev–Trinajstić information content (AvgIpc) is 3.67. The summed E-state index contributed by atoms with van der Waals surface area (Å²) in [7, 11) is 1.65. The average molecular weight is 892 g/mol. The van der Waals surface area contributed by atoms with Crippen molar-refractivity contribution in [2.75, 3.05) is 84.5 Å². The van der Waals surface area contributed by atoms with E-state index in [-0.39, 0.29) is 79.5 Å². The Morgan fingerprint density at radius 1 is 0.781 bits per heavy atom. The molecule has 2 aromatic carbocycles. The number of methoxy groups -OCH3 is 1. The van der Waals surface area contributed by atoms with E-state index >= 15 is 0 Å². The van der Waals surface area contributed by atoms with Crippen molar-refractivity contribution in [1.29, 1.82) is 0 Å². The minimum Gasteiger partial charge on any atom is -0.448 e. The van der Waals surface area contributed by atoms with Crippen molar-refractivity contribution in [2.24, 2.45) is 16.7 Å². The molecule has 0 aliphatic carbocycles. The molecule has 3 aromatic rings. The molecule has 1 aromatic heterocycles. The van der Waals surface area contributed by atoms with Gasteiger partial charge in [-0.05, 0) is 37.4 Å². The minimum atomic E-state index is -0.534. The Hall–Kier alpha value is -4.74. The molecule has 1 unspecified atom stereocenters. The van der Waals surface area contributed by atoms with Gasteiger partial charge in [0.2, 0.25) is 11.8 Å². The highest BCUT2D eigenvalue weighted by Crippen LogP contribution is 2.41. The van der Waals surface area contributed by atoms with E-state index < -0.39 is 6.09 Å². The third-order valence-corrected chi connectivity index (χ3v) is 10.7. The number of nitrogens with one attached hydrogen (secondary N) is 3. The second-order valence-electron chi connectivity index (χ2n) is 18.2. The molecule has 1 aliphatic heterocycles. The van der Waals surface area contributed by atoms with Crippen LogP contribution < -0.4 is 20.9 Å². The van der Waals surface area contributed by atoms with Gasteiger partial charge in [-0.25, -0.2) is 9.48 Å². The van der Waals surface area contributed by atoms with Crippen molar-refractivity contribution < 1.29 is 42.9 Å². The molecule has 2 heterocycles. The Labute approximate surface area is 379 Å². The first-order chi connectivity index (χ1) is 30.7. The van der Waals surface area contributed by atoms with Crippen LogP contribution in [0.4, 0.5) is 10.5 Å². The molecular formula is C48H73N7O9. The summed E-state index contributed by atoms with van der Waals surface area (Å²) in [5, 5.41) is 18.0. The summed E-state index contributed by atoms with van der Waals surface area (Å²) in [5.74, 6) is -0.182. The SMILES string of the molecule is CCNC(CCCCNC(=O)OCCn1nnc2c1-c1ccccc1N(C(=O)CCNC(=O)CCOCC(C)(C)COCC(C)(C)COCCOC)Cc1ccccc1-2)C(=O)C(C)C. The second-order valence-corrected chi connectivity index (χ2v) is 18.2. The Balaban J connectivity index is 1.28. The number of carbonyl (C=O) groups is 4. The first-order valence-corrected chi connectivity index (χ1v) is 22.7. The lowest BCUT2D eigenvalue weighted by Crippen LogP contribution is -2.39. The number of nitrogens with zero attached hydrogens (tertiary/aromatic N) is 4. The lowest BCUT2D eigenvalue weighted by atomic mass is 9.94. The van der Waals surface area contributed by atoms with Crippen LogP contribution in [0, 0.1) is 16.7 Å². The Morgan fingerprint density at radius 2 is 1.45 bits per heavy atom. The number of unbranched alkanes of at least 4 members (excludes halogenated alkanes) is 1. The molecule has 16 nitrogen and oxygen atoms in total. The van der Waals surface area contributed by atoms with Gasteiger partial charge in [-0.15, -0.1) is 5.10 Å². The van der Waals surface area contributed by atoms with E-state index in [1.165, 1.54) is 0 Å². The first kappa shape index (κ1) is 51.9. The van der Waals surface area contributed by atoms with Crippen LogP contribution in [0.3, 0.4) is 0 Å². The number of anilines is 1. The maximum absolute atomic E-state index is 14.0. The van der Waals surface area contributed by atoms with Gasteiger partial charge in [-0.2, -0.15) is 0 Å². The van der Waals surface area contributed by atoms with E-state index in [4.69, 9.17) is 23.7 Å². The number of likely N-dealkylation sites (N-methyl/N-ethyl adjacent to an activating group) is 1. The lowest BCUT2D eigenvalue weighted by Gasteiger charge is -2.29. The topological polar surface area (TPSA) is 184 Å². The maximum Gasteiger partial charge on any atom is 0.407 e. The van der Waals surface area contributed by atoms with Crippen molar-refractivity contribution in [3.63, 3.8) is 0 Å². The predicted octanol–water partition coefficient (Wildman–Crippen LogP) is 6.20. The number of alkyl carbamates (subject to hydrolysis) is 1. The Morgan fingerprint density at radius 3 is 2.16 bits per heavy atom. The van der Waals surface area contributed by atoms with Crippen LogP contribution in [-0.4, -0.2) is 124 Å². The number of rotatable bonds is 29. The number of fused-ring (bicyclic) bond motifs is 5. The summed E-state index contributed by atoms with van der Waals surface area (Å²) in [4.78, 5) is 53.7. The highest BCUT2D eigenvalue weighted by Gasteiger charge is 2.29. The summed E-state index contributed by atoms with van der Waals surface area (Å²) in [5.41, 5.74) is 4.16. The predicted molar refractivity (Wildman–Crippen MR) is 247 cm³/mol. The van der Waals surface area contributed by atoms with Gasteiger partial charge in [0.25, 0.3) is 0 Å². The van der Waals surface area contributed by atoms with E-state index in [1.807, 2.05) is 69.3 Å². The third kappa shape index (κ3) is 16.7. The number of ketones is 1. The maximum atomic E-state index is 14.0. The van der Waals surface area contributed by atoms with Crippen LogP contribution >= 0.6 is 0 Å². The van der Waals surface area contributed by atoms with Gasteiger partial charge in [0.05, 0.1) is 76.8 Å². The van der Waals surface area contributed by atoms with Crippen LogP contribution in [0.15, 0.2) is 48.5 Å². The quantitative estimate of drug-likeness (QED) is 0.0672. The van der Waals surface area contributed by atoms with Crippen LogP contribution in [0.25, 0.3) is 22.5 Å². The Bertz CT molecular complexity index is 1930. The first-order valence-electron chi connectivity index (χ1n) is 22.7. The molecule has 0 spiro atoms. The molecule has 0 fully saturated rings. The molecular weight excluding hydrogens is 819 g/mol. The van der Waals surface area contributed by atoms with Gasteiger partial charge in [0, 0.05) is 60.9 Å². The van der Waals surface area contributed by atoms with Crippen molar-refractivity contribution in [3.05, 3.63) is 54.1 Å². The van der Waals surface area contributed by atoms with E-state index in [1.54, 1.807) is 16.7 Å². The number of hydrogen-bond acceptors (Lipinski definition) is 12. The molecule has 0 bridgehead atoms. The van der Waals surface area contributed by atoms with Gasteiger partial charge in [0.1, 0.15) is 12.3 Å². The monoisotopic (exact) mass is 892 g/mol. The third-order valence-electron chi connectivity index (χ3n) is 10.7. The van der Waals surface area contributed by atoms with Crippen LogP contribution in [-0.2, 0) is 51.2 Å². The molecule has 0 saturated carbocycles. The normalized spacial score (nSPS) is 13.0. The zero-order chi connectivity index (χ0) is 46.5. The number of ether oxygens (including phenoxy) is 5. The Kier molecular flexibility index (Phi) is 21.3. The van der Waals surface area contributed by atoms with Crippen LogP contribution in [0.5, 0.6) is 0 Å². The van der Waals surface area contributed by atoms with Gasteiger partial charge < -0.3 is 44.5 Å². The number of carbonyl (C=O) groups excluding carboxylic acids is 4. The molecule has 3 N–H and O–H groups in total. The highest BCUT2D eigenvalue weighted by atomic mass is 16.5. The summed E-state index contributed by atoms with van der Waals surface area (Å²) in [6.45, 7) is 19.4. The highest BCUT2D eigenvalue weighted by molar-refractivity contribution is 6.00. The fraction of sp³-hybridized carbons (Fsp3) is 0.625. The molecule has 0 radical (unpaired) electrons. The standard InChI is InChI=1S/C48H73N7O9/c1-9-49-39(45(58)35(2)3)19-14-15-23-51-46(59)64-27-25-55-44-38-18-12-13-20-40(38)54(30-36-16-10-11-17-37(36)43(44)52-53-55)42(57)21-24-50-41(56)22-26-61-31-47(4,5)33-63-34-48(6,7)32-62-29-28-60-8/h10-13,16-18,20,35,39,49H,9,14-15,19,21-34H2,1-8H3,(H,50,56)(H,51,59). The number of hydrogen-bond donors (Lipinski definition) is 3. The van der Waals surface area contributed by atoms with Crippen LogP contribution in [0.2, 0.25) is 0 Å². The smallest absolute Gasteiger partial charge is 0.407 e. The zero-order valence-corrected chi connectivity index (χ0v) is 39.5. The lowest BCUT2D eigenvalue weighted by molar-refractivity contribution is -0.124. The second kappa shape index (κ2) is 26.3. The molecule has 1 aliphatic rings. The van der Waals surface area contributed by atoms with E-state index in [0.29, 0.717) is 82.6 Å². The van der Waals surface area contributed by atoms with Crippen molar-refractivity contribution in [3.8, 4) is 22.5 Å². The van der Waals surface area contributed by atoms with E-state index in [9.17, 15) is 19.2 Å². The fourth-order valence-corrected chi connectivity index (χ4v) is 7.35. The van der Waals surface area contributed by atoms with E-state index in [0.717, 1.165) is 29.7 Å². The number of aromatic nitrogens is 3.